The van der Waals surface area contributed by atoms with Crippen molar-refractivity contribution < 1.29 is 0 Å². The van der Waals surface area contributed by atoms with Crippen LogP contribution in [-0.4, -0.2) is 14.9 Å². The number of thioether (sulfide) groups is 1. The SMILES string of the molecule is Cc1ccc(CSc2nncn2N/C=C2/CC=CCC2)cc1. The molecule has 1 heterocycles. The lowest BCUT2D eigenvalue weighted by atomic mass is 10.0. The maximum absolute atomic E-state index is 4.18. The molecule has 0 bridgehead atoms. The van der Waals surface area contributed by atoms with Crippen LogP contribution in [0, 0.1) is 6.92 Å². The number of nitrogens with one attached hydrogen (secondary N) is 1. The highest BCUT2D eigenvalue weighted by Crippen LogP contribution is 2.21. The standard InChI is InChI=1S/C17H20N4S/c1-14-7-9-16(10-8-14)12-22-17-20-18-13-21(17)19-11-15-5-3-2-4-6-15/h2-3,7-11,13,19H,4-6,12H2,1H3/b15-11-. The lowest BCUT2D eigenvalue weighted by Gasteiger charge is -2.10. The zero-order valence-electron chi connectivity index (χ0n) is 12.7. The Morgan fingerprint density at radius 2 is 2.14 bits per heavy atom. The zero-order chi connectivity index (χ0) is 15.2. The first-order valence-corrected chi connectivity index (χ1v) is 8.47. The van der Waals surface area contributed by atoms with Crippen LogP contribution < -0.4 is 5.43 Å². The molecule has 1 aliphatic rings. The van der Waals surface area contributed by atoms with Gasteiger partial charge in [0.1, 0.15) is 6.33 Å². The van der Waals surface area contributed by atoms with Crippen molar-refractivity contribution in [3.63, 3.8) is 0 Å². The summed E-state index contributed by atoms with van der Waals surface area (Å²) in [5, 5.41) is 9.06. The van der Waals surface area contributed by atoms with Gasteiger partial charge in [-0.1, -0.05) is 53.7 Å². The third-order valence-corrected chi connectivity index (χ3v) is 4.61. The Bertz CT molecular complexity index is 670. The van der Waals surface area contributed by atoms with Gasteiger partial charge in [-0.05, 0) is 37.3 Å². The van der Waals surface area contributed by atoms with Gasteiger partial charge in [0.2, 0.25) is 5.16 Å². The second-order valence-corrected chi connectivity index (χ2v) is 6.35. The lowest BCUT2D eigenvalue weighted by Crippen LogP contribution is -2.09. The van der Waals surface area contributed by atoms with Gasteiger partial charge in [-0.2, -0.15) is 0 Å². The molecule has 0 aliphatic heterocycles. The molecule has 0 amide bonds. The largest absolute Gasteiger partial charge is 0.298 e. The smallest absolute Gasteiger partial charge is 0.210 e. The van der Waals surface area contributed by atoms with Crippen molar-refractivity contribution in [2.75, 3.05) is 5.43 Å². The van der Waals surface area contributed by atoms with Crippen molar-refractivity contribution in [3.05, 3.63) is 65.6 Å². The van der Waals surface area contributed by atoms with Crippen molar-refractivity contribution >= 4 is 11.8 Å². The molecule has 0 radical (unpaired) electrons. The van der Waals surface area contributed by atoms with Crippen molar-refractivity contribution in [3.8, 4) is 0 Å². The van der Waals surface area contributed by atoms with Crippen LogP contribution >= 0.6 is 11.8 Å². The van der Waals surface area contributed by atoms with Gasteiger partial charge in [-0.25, -0.2) is 4.68 Å². The number of hydrogen-bond acceptors (Lipinski definition) is 4. The summed E-state index contributed by atoms with van der Waals surface area (Å²) in [6.45, 7) is 2.10. The fourth-order valence-electron chi connectivity index (χ4n) is 2.26. The van der Waals surface area contributed by atoms with Crippen LogP contribution in [0.2, 0.25) is 0 Å². The molecule has 114 valence electrons. The summed E-state index contributed by atoms with van der Waals surface area (Å²) in [5.74, 6) is 0.889. The minimum Gasteiger partial charge on any atom is -0.298 e. The monoisotopic (exact) mass is 312 g/mol. The van der Waals surface area contributed by atoms with Gasteiger partial charge in [0.15, 0.2) is 0 Å². The van der Waals surface area contributed by atoms with Gasteiger partial charge < -0.3 is 0 Å². The molecule has 22 heavy (non-hydrogen) atoms. The van der Waals surface area contributed by atoms with Crippen LogP contribution in [0.4, 0.5) is 0 Å². The average molecular weight is 312 g/mol. The third kappa shape index (κ3) is 4.01. The molecule has 1 aliphatic carbocycles. The topological polar surface area (TPSA) is 42.7 Å². The molecule has 0 spiro atoms. The number of benzene rings is 1. The van der Waals surface area contributed by atoms with Gasteiger partial charge in [-0.3, -0.25) is 5.43 Å². The van der Waals surface area contributed by atoms with E-state index < -0.39 is 0 Å². The number of aryl methyl sites for hydroxylation is 1. The summed E-state index contributed by atoms with van der Waals surface area (Å²) in [4.78, 5) is 0. The molecule has 2 aromatic rings. The average Bonchev–Trinajstić information content (AvgIpc) is 3.01. The quantitative estimate of drug-likeness (QED) is 0.668. The van der Waals surface area contributed by atoms with E-state index in [-0.39, 0.29) is 0 Å². The number of allylic oxidation sites excluding steroid dienone is 3. The predicted octanol–water partition coefficient (Wildman–Crippen LogP) is 4.05. The van der Waals surface area contributed by atoms with Crippen molar-refractivity contribution in [2.24, 2.45) is 0 Å². The Kier molecular flexibility index (Phi) is 4.96. The normalized spacial score (nSPS) is 16.1. The molecule has 5 heteroatoms. The van der Waals surface area contributed by atoms with E-state index >= 15 is 0 Å². The highest BCUT2D eigenvalue weighted by atomic mass is 32.2. The van der Waals surface area contributed by atoms with E-state index in [4.69, 9.17) is 0 Å². The highest BCUT2D eigenvalue weighted by molar-refractivity contribution is 7.98. The summed E-state index contributed by atoms with van der Waals surface area (Å²) in [6.07, 6.45) is 11.5. The summed E-state index contributed by atoms with van der Waals surface area (Å²) in [5.41, 5.74) is 7.27. The summed E-state index contributed by atoms with van der Waals surface area (Å²) < 4.78 is 1.88. The first-order valence-electron chi connectivity index (χ1n) is 7.49. The first-order chi connectivity index (χ1) is 10.8. The van der Waals surface area contributed by atoms with Gasteiger partial charge in [-0.15, -0.1) is 10.2 Å². The Morgan fingerprint density at radius 3 is 2.91 bits per heavy atom. The number of aromatic nitrogens is 3. The van der Waals surface area contributed by atoms with E-state index in [9.17, 15) is 0 Å². The molecule has 0 saturated carbocycles. The molecule has 0 saturated heterocycles. The van der Waals surface area contributed by atoms with E-state index in [1.165, 1.54) is 16.7 Å². The number of nitrogens with zero attached hydrogens (tertiary/aromatic N) is 3. The van der Waals surface area contributed by atoms with Crippen LogP contribution in [-0.2, 0) is 5.75 Å². The second kappa shape index (κ2) is 7.31. The van der Waals surface area contributed by atoms with Crippen LogP contribution in [0.3, 0.4) is 0 Å². The predicted molar refractivity (Wildman–Crippen MR) is 91.2 cm³/mol. The molecule has 1 aromatic heterocycles. The maximum atomic E-state index is 4.18. The summed E-state index contributed by atoms with van der Waals surface area (Å²) >= 11 is 1.68. The molecule has 4 nitrogen and oxygen atoms in total. The van der Waals surface area contributed by atoms with Crippen LogP contribution in [0.25, 0.3) is 0 Å². The van der Waals surface area contributed by atoms with Crippen molar-refractivity contribution in [1.82, 2.24) is 14.9 Å². The fourth-order valence-corrected chi connectivity index (χ4v) is 3.09. The van der Waals surface area contributed by atoms with Gasteiger partial charge in [0.25, 0.3) is 0 Å². The summed E-state index contributed by atoms with van der Waals surface area (Å²) in [6, 6.07) is 8.60. The molecule has 0 fully saturated rings. The zero-order valence-corrected chi connectivity index (χ0v) is 13.5. The molecule has 1 aromatic carbocycles. The van der Waals surface area contributed by atoms with Gasteiger partial charge >= 0.3 is 0 Å². The van der Waals surface area contributed by atoms with Crippen molar-refractivity contribution in [1.29, 1.82) is 0 Å². The Labute approximate surface area is 135 Å². The van der Waals surface area contributed by atoms with E-state index in [1.54, 1.807) is 18.1 Å². The van der Waals surface area contributed by atoms with Crippen LogP contribution in [0.5, 0.6) is 0 Å². The summed E-state index contributed by atoms with van der Waals surface area (Å²) in [7, 11) is 0. The molecule has 1 N–H and O–H groups in total. The Hall–Kier alpha value is -2.01. The molecular weight excluding hydrogens is 292 g/mol. The lowest BCUT2D eigenvalue weighted by molar-refractivity contribution is 0.804. The first kappa shape index (κ1) is 14.9. The van der Waals surface area contributed by atoms with Gasteiger partial charge in [0, 0.05) is 12.0 Å². The Morgan fingerprint density at radius 1 is 1.27 bits per heavy atom. The molecular formula is C17H20N4S. The van der Waals surface area contributed by atoms with Crippen LogP contribution in [0.1, 0.15) is 30.4 Å². The second-order valence-electron chi connectivity index (χ2n) is 5.40. The molecule has 0 atom stereocenters. The number of hydrogen-bond donors (Lipinski definition) is 1. The maximum Gasteiger partial charge on any atom is 0.210 e. The van der Waals surface area contributed by atoms with E-state index in [0.29, 0.717) is 0 Å². The van der Waals surface area contributed by atoms with Gasteiger partial charge in [0.05, 0.1) is 0 Å². The Balaban J connectivity index is 1.59. The minimum absolute atomic E-state index is 0.878. The molecule has 0 unspecified atom stereocenters. The van der Waals surface area contributed by atoms with E-state index in [2.05, 4.69) is 65.2 Å². The molecule has 3 rings (SSSR count). The highest BCUT2D eigenvalue weighted by Gasteiger charge is 2.05. The minimum atomic E-state index is 0.878. The number of rotatable bonds is 5. The third-order valence-electron chi connectivity index (χ3n) is 3.59. The van der Waals surface area contributed by atoms with Crippen LogP contribution in [0.15, 0.2) is 59.7 Å². The fraction of sp³-hybridized carbons (Fsp3) is 0.294. The van der Waals surface area contributed by atoms with E-state index in [1.807, 2.05) is 4.68 Å². The van der Waals surface area contributed by atoms with Crippen molar-refractivity contribution in [2.45, 2.75) is 37.1 Å². The van der Waals surface area contributed by atoms with E-state index in [0.717, 1.165) is 30.2 Å².